The van der Waals surface area contributed by atoms with Crippen molar-refractivity contribution in [2.45, 2.75) is 65.0 Å². The minimum absolute atomic E-state index is 0.0869. The summed E-state index contributed by atoms with van der Waals surface area (Å²) in [6.07, 6.45) is 3.83. The first-order valence-electron chi connectivity index (χ1n) is 7.74. The molecule has 0 aliphatic carbocycles. The fourth-order valence-corrected chi connectivity index (χ4v) is 4.47. The summed E-state index contributed by atoms with van der Waals surface area (Å²) >= 11 is 0. The standard InChI is InChI=1S/C14H31N3O2S/c1-6-14(3,4)16(5)20(18,19)17-11-9-8-10-13(17)12-15-7-2/h13,15H,6-12H2,1-5H3. The van der Waals surface area contributed by atoms with Crippen molar-refractivity contribution in [2.75, 3.05) is 26.7 Å². The zero-order chi connectivity index (χ0) is 15.4. The summed E-state index contributed by atoms with van der Waals surface area (Å²) in [4.78, 5) is 0. The van der Waals surface area contributed by atoms with Gasteiger partial charge in [0.15, 0.2) is 0 Å². The van der Waals surface area contributed by atoms with Crippen molar-refractivity contribution in [3.05, 3.63) is 0 Å². The van der Waals surface area contributed by atoms with Gasteiger partial charge in [-0.05, 0) is 39.7 Å². The summed E-state index contributed by atoms with van der Waals surface area (Å²) in [5, 5.41) is 3.29. The van der Waals surface area contributed by atoms with E-state index in [0.717, 1.165) is 38.8 Å². The van der Waals surface area contributed by atoms with E-state index < -0.39 is 10.2 Å². The zero-order valence-corrected chi connectivity index (χ0v) is 14.5. The van der Waals surface area contributed by atoms with Crippen LogP contribution in [0.4, 0.5) is 0 Å². The quantitative estimate of drug-likeness (QED) is 0.780. The van der Waals surface area contributed by atoms with Gasteiger partial charge in [-0.3, -0.25) is 0 Å². The maximum absolute atomic E-state index is 12.9. The highest BCUT2D eigenvalue weighted by Gasteiger charge is 2.39. The number of hydrogen-bond donors (Lipinski definition) is 1. The fraction of sp³-hybridized carbons (Fsp3) is 1.00. The highest BCUT2D eigenvalue weighted by atomic mass is 32.2. The van der Waals surface area contributed by atoms with Gasteiger partial charge >= 0.3 is 0 Å². The third-order valence-corrected chi connectivity index (χ3v) is 6.82. The first-order valence-corrected chi connectivity index (χ1v) is 9.13. The van der Waals surface area contributed by atoms with Crippen LogP contribution in [-0.2, 0) is 10.2 Å². The monoisotopic (exact) mass is 305 g/mol. The van der Waals surface area contributed by atoms with Crippen molar-refractivity contribution in [2.24, 2.45) is 0 Å². The van der Waals surface area contributed by atoms with Crippen LogP contribution in [0.25, 0.3) is 0 Å². The molecule has 0 saturated carbocycles. The van der Waals surface area contributed by atoms with Gasteiger partial charge in [0.2, 0.25) is 0 Å². The predicted molar refractivity (Wildman–Crippen MR) is 83.9 cm³/mol. The highest BCUT2D eigenvalue weighted by Crippen LogP contribution is 2.27. The summed E-state index contributed by atoms with van der Waals surface area (Å²) in [7, 11) is -1.68. The van der Waals surface area contributed by atoms with Crippen molar-refractivity contribution >= 4 is 10.2 Å². The second-order valence-corrected chi connectivity index (χ2v) is 8.12. The Kier molecular flexibility index (Phi) is 6.44. The summed E-state index contributed by atoms with van der Waals surface area (Å²) in [6, 6.07) is 0.0869. The largest absolute Gasteiger partial charge is 0.315 e. The normalized spacial score (nSPS) is 22.4. The maximum atomic E-state index is 12.9. The van der Waals surface area contributed by atoms with Crippen LogP contribution in [0.1, 0.15) is 53.4 Å². The molecule has 1 atom stereocenters. The van der Waals surface area contributed by atoms with E-state index in [2.05, 4.69) is 5.32 Å². The zero-order valence-electron chi connectivity index (χ0n) is 13.6. The average molecular weight is 305 g/mol. The Labute approximate surface area is 124 Å². The van der Waals surface area contributed by atoms with Gasteiger partial charge in [-0.1, -0.05) is 20.3 Å². The molecule has 0 aromatic heterocycles. The van der Waals surface area contributed by atoms with Gasteiger partial charge in [0.05, 0.1) is 0 Å². The molecular formula is C14H31N3O2S. The molecule has 1 saturated heterocycles. The first-order chi connectivity index (χ1) is 9.27. The SMILES string of the molecule is CCNCC1CCCCN1S(=O)(=O)N(C)C(C)(C)CC. The molecule has 1 rings (SSSR count). The van der Waals surface area contributed by atoms with E-state index in [0.29, 0.717) is 6.54 Å². The Morgan fingerprint density at radius 3 is 2.50 bits per heavy atom. The molecule has 1 heterocycles. The minimum atomic E-state index is -3.38. The van der Waals surface area contributed by atoms with E-state index >= 15 is 0 Å². The van der Waals surface area contributed by atoms with Crippen molar-refractivity contribution in [3.8, 4) is 0 Å². The maximum Gasteiger partial charge on any atom is 0.282 e. The molecule has 1 aliphatic rings. The van der Waals surface area contributed by atoms with Gasteiger partial charge in [0, 0.05) is 31.7 Å². The van der Waals surface area contributed by atoms with Crippen LogP contribution in [0.5, 0.6) is 0 Å². The second-order valence-electron chi connectivity index (χ2n) is 6.21. The van der Waals surface area contributed by atoms with E-state index in [9.17, 15) is 8.42 Å². The van der Waals surface area contributed by atoms with E-state index in [-0.39, 0.29) is 11.6 Å². The molecule has 0 bridgehead atoms. The molecule has 0 amide bonds. The van der Waals surface area contributed by atoms with Gasteiger partial charge in [-0.15, -0.1) is 0 Å². The van der Waals surface area contributed by atoms with Gasteiger partial charge in [-0.25, -0.2) is 0 Å². The molecule has 1 N–H and O–H groups in total. The summed E-state index contributed by atoms with van der Waals surface area (Å²) < 4.78 is 29.0. The molecular weight excluding hydrogens is 274 g/mol. The molecule has 1 fully saturated rings. The van der Waals surface area contributed by atoms with Crippen LogP contribution in [0.15, 0.2) is 0 Å². The lowest BCUT2D eigenvalue weighted by molar-refractivity contribution is 0.195. The highest BCUT2D eigenvalue weighted by molar-refractivity contribution is 7.86. The third-order valence-electron chi connectivity index (χ3n) is 4.56. The number of piperidine rings is 1. The van der Waals surface area contributed by atoms with Crippen LogP contribution in [0.3, 0.4) is 0 Å². The molecule has 0 aromatic rings. The predicted octanol–water partition coefficient (Wildman–Crippen LogP) is 1.82. The van der Waals surface area contributed by atoms with E-state index in [1.807, 2.05) is 27.7 Å². The smallest absolute Gasteiger partial charge is 0.282 e. The second kappa shape index (κ2) is 7.20. The molecule has 5 nitrogen and oxygen atoms in total. The Morgan fingerprint density at radius 1 is 1.30 bits per heavy atom. The molecule has 0 aromatic carbocycles. The fourth-order valence-electron chi connectivity index (χ4n) is 2.49. The molecule has 0 radical (unpaired) electrons. The minimum Gasteiger partial charge on any atom is -0.315 e. The molecule has 120 valence electrons. The number of nitrogens with zero attached hydrogens (tertiary/aromatic N) is 2. The van der Waals surface area contributed by atoms with Crippen LogP contribution in [-0.4, -0.2) is 55.3 Å². The van der Waals surface area contributed by atoms with Crippen molar-refractivity contribution in [1.82, 2.24) is 13.9 Å². The number of hydrogen-bond acceptors (Lipinski definition) is 3. The lowest BCUT2D eigenvalue weighted by atomic mass is 10.0. The number of nitrogens with one attached hydrogen (secondary N) is 1. The van der Waals surface area contributed by atoms with Gasteiger partial charge in [-0.2, -0.15) is 17.0 Å². The lowest BCUT2D eigenvalue weighted by Gasteiger charge is -2.42. The Bertz CT molecular complexity index is 395. The van der Waals surface area contributed by atoms with Crippen molar-refractivity contribution < 1.29 is 8.42 Å². The number of rotatable bonds is 7. The topological polar surface area (TPSA) is 52.7 Å². The molecule has 6 heteroatoms. The van der Waals surface area contributed by atoms with E-state index in [1.165, 1.54) is 0 Å². The van der Waals surface area contributed by atoms with Gasteiger partial charge < -0.3 is 5.32 Å². The third kappa shape index (κ3) is 3.93. The summed E-state index contributed by atoms with van der Waals surface area (Å²) in [6.45, 7) is 10.3. The average Bonchev–Trinajstić information content (AvgIpc) is 2.44. The molecule has 1 unspecified atom stereocenters. The van der Waals surface area contributed by atoms with E-state index in [4.69, 9.17) is 0 Å². The van der Waals surface area contributed by atoms with Crippen molar-refractivity contribution in [3.63, 3.8) is 0 Å². The van der Waals surface area contributed by atoms with Crippen molar-refractivity contribution in [1.29, 1.82) is 0 Å². The van der Waals surface area contributed by atoms with Gasteiger partial charge in [0.1, 0.15) is 0 Å². The Balaban J connectivity index is 2.92. The molecule has 20 heavy (non-hydrogen) atoms. The van der Waals surface area contributed by atoms with Crippen LogP contribution in [0.2, 0.25) is 0 Å². The Hall–Kier alpha value is -0.170. The van der Waals surface area contributed by atoms with Crippen LogP contribution in [0, 0.1) is 0 Å². The summed E-state index contributed by atoms with van der Waals surface area (Å²) in [5.41, 5.74) is -0.348. The van der Waals surface area contributed by atoms with Crippen LogP contribution < -0.4 is 5.32 Å². The molecule has 1 aliphatic heterocycles. The van der Waals surface area contributed by atoms with E-state index in [1.54, 1.807) is 15.7 Å². The number of likely N-dealkylation sites (N-methyl/N-ethyl adjacent to an activating group) is 1. The molecule has 0 spiro atoms. The first kappa shape index (κ1) is 17.9. The van der Waals surface area contributed by atoms with Gasteiger partial charge in [0.25, 0.3) is 10.2 Å². The summed E-state index contributed by atoms with van der Waals surface area (Å²) in [5.74, 6) is 0. The van der Waals surface area contributed by atoms with Crippen LogP contribution >= 0.6 is 0 Å². The lowest BCUT2D eigenvalue weighted by Crippen LogP contribution is -2.56. The Morgan fingerprint density at radius 2 is 1.95 bits per heavy atom.